The van der Waals surface area contributed by atoms with Crippen molar-refractivity contribution in [3.8, 4) is 0 Å². The van der Waals surface area contributed by atoms with Gasteiger partial charge in [0.25, 0.3) is 0 Å². The quantitative estimate of drug-likeness (QED) is 0.654. The van der Waals surface area contributed by atoms with E-state index in [1.54, 1.807) is 6.20 Å². The van der Waals surface area contributed by atoms with Crippen LogP contribution in [0.4, 0.5) is 0 Å². The zero-order chi connectivity index (χ0) is 8.01. The van der Waals surface area contributed by atoms with Crippen LogP contribution in [0.2, 0.25) is 0 Å². The van der Waals surface area contributed by atoms with Crippen molar-refractivity contribution < 1.29 is 0 Å². The van der Waals surface area contributed by atoms with E-state index in [2.05, 4.69) is 32.5 Å². The maximum Gasteiger partial charge on any atom is 0.150 e. The van der Waals surface area contributed by atoms with E-state index in [4.69, 9.17) is 0 Å². The van der Waals surface area contributed by atoms with Gasteiger partial charge in [-0.15, -0.1) is 0 Å². The molecule has 2 heterocycles. The highest BCUT2D eigenvalue weighted by molar-refractivity contribution is 9.10. The predicted octanol–water partition coefficient (Wildman–Crippen LogP) is 1.74. The SMILES string of the molecule is Cc1cn2ncc(Br)c2n1C. The summed E-state index contributed by atoms with van der Waals surface area (Å²) in [5, 5.41) is 4.15. The predicted molar refractivity (Wildman–Crippen MR) is 46.6 cm³/mol. The van der Waals surface area contributed by atoms with Crippen molar-refractivity contribution in [3.63, 3.8) is 0 Å². The summed E-state index contributed by atoms with van der Waals surface area (Å²) in [4.78, 5) is 0. The highest BCUT2D eigenvalue weighted by Gasteiger charge is 2.06. The second kappa shape index (κ2) is 2.11. The Kier molecular flexibility index (Phi) is 1.32. The molecule has 0 saturated carbocycles. The summed E-state index contributed by atoms with van der Waals surface area (Å²) in [7, 11) is 2.02. The molecule has 0 saturated heterocycles. The molecular weight excluding hydrogens is 206 g/mol. The van der Waals surface area contributed by atoms with Crippen LogP contribution >= 0.6 is 15.9 Å². The Balaban J connectivity index is 2.95. The summed E-state index contributed by atoms with van der Waals surface area (Å²) < 4.78 is 4.99. The lowest BCUT2D eigenvalue weighted by atomic mass is 10.5. The molecular formula is C7H8BrN3. The summed E-state index contributed by atoms with van der Waals surface area (Å²) in [5.41, 5.74) is 2.30. The van der Waals surface area contributed by atoms with Crippen molar-refractivity contribution in [2.45, 2.75) is 6.92 Å². The molecule has 0 unspecified atom stereocenters. The fourth-order valence-corrected chi connectivity index (χ4v) is 1.71. The monoisotopic (exact) mass is 213 g/mol. The molecule has 0 atom stereocenters. The Morgan fingerprint density at radius 1 is 1.55 bits per heavy atom. The number of aromatic nitrogens is 3. The maximum absolute atomic E-state index is 4.15. The standard InChI is InChI=1S/C7H8BrN3/c1-5-4-11-7(10(5)2)6(8)3-9-11/h3-4H,1-2H3. The van der Waals surface area contributed by atoms with Gasteiger partial charge in [-0.1, -0.05) is 0 Å². The minimum atomic E-state index is 1.04. The van der Waals surface area contributed by atoms with Crippen LogP contribution in [0.25, 0.3) is 5.65 Å². The van der Waals surface area contributed by atoms with E-state index in [9.17, 15) is 0 Å². The Bertz CT molecular complexity index is 399. The van der Waals surface area contributed by atoms with E-state index < -0.39 is 0 Å². The van der Waals surface area contributed by atoms with E-state index in [0.717, 1.165) is 10.1 Å². The Morgan fingerprint density at radius 3 is 2.91 bits per heavy atom. The molecule has 0 aliphatic rings. The molecule has 2 rings (SSSR count). The zero-order valence-corrected chi connectivity index (χ0v) is 7.96. The summed E-state index contributed by atoms with van der Waals surface area (Å²) in [6, 6.07) is 0. The molecule has 0 bridgehead atoms. The van der Waals surface area contributed by atoms with E-state index in [-0.39, 0.29) is 0 Å². The number of imidazole rings is 1. The molecule has 2 aromatic rings. The molecule has 0 spiro atoms. The summed E-state index contributed by atoms with van der Waals surface area (Å²) >= 11 is 3.43. The fraction of sp³-hybridized carbons (Fsp3) is 0.286. The number of nitrogens with zero attached hydrogens (tertiary/aromatic N) is 3. The van der Waals surface area contributed by atoms with Crippen molar-refractivity contribution >= 4 is 21.6 Å². The normalized spacial score (nSPS) is 11.2. The number of rotatable bonds is 0. The molecule has 0 amide bonds. The average molecular weight is 214 g/mol. The Morgan fingerprint density at radius 2 is 2.27 bits per heavy atom. The summed E-state index contributed by atoms with van der Waals surface area (Å²) in [6.07, 6.45) is 3.80. The molecule has 11 heavy (non-hydrogen) atoms. The topological polar surface area (TPSA) is 22.2 Å². The molecule has 0 aliphatic heterocycles. The van der Waals surface area contributed by atoms with Gasteiger partial charge in [0.15, 0.2) is 0 Å². The number of hydrogen-bond donors (Lipinski definition) is 0. The van der Waals surface area contributed by atoms with Gasteiger partial charge in [-0.05, 0) is 22.9 Å². The summed E-state index contributed by atoms with van der Waals surface area (Å²) in [6.45, 7) is 2.06. The van der Waals surface area contributed by atoms with E-state index in [0.29, 0.717) is 0 Å². The lowest BCUT2D eigenvalue weighted by Gasteiger charge is -1.93. The zero-order valence-electron chi connectivity index (χ0n) is 6.37. The third-order valence-electron chi connectivity index (χ3n) is 1.88. The van der Waals surface area contributed by atoms with Gasteiger partial charge in [0.05, 0.1) is 16.9 Å². The van der Waals surface area contributed by atoms with Gasteiger partial charge in [-0.3, -0.25) is 0 Å². The molecule has 4 heteroatoms. The minimum Gasteiger partial charge on any atom is -0.331 e. The molecule has 58 valence electrons. The molecule has 2 aromatic heterocycles. The van der Waals surface area contributed by atoms with Gasteiger partial charge in [-0.25, -0.2) is 4.52 Å². The van der Waals surface area contributed by atoms with E-state index >= 15 is 0 Å². The highest BCUT2D eigenvalue weighted by Crippen LogP contribution is 2.18. The molecule has 0 radical (unpaired) electrons. The number of halogens is 1. The van der Waals surface area contributed by atoms with Gasteiger partial charge in [0, 0.05) is 12.7 Å². The molecule has 0 fully saturated rings. The van der Waals surface area contributed by atoms with Crippen LogP contribution in [-0.2, 0) is 7.05 Å². The van der Waals surface area contributed by atoms with Crippen LogP contribution in [0.1, 0.15) is 5.69 Å². The van der Waals surface area contributed by atoms with Crippen molar-refractivity contribution in [1.29, 1.82) is 0 Å². The number of fused-ring (bicyclic) bond motifs is 1. The van der Waals surface area contributed by atoms with Crippen molar-refractivity contribution in [1.82, 2.24) is 14.2 Å². The van der Waals surface area contributed by atoms with Crippen molar-refractivity contribution in [2.24, 2.45) is 7.05 Å². The molecule has 0 N–H and O–H groups in total. The van der Waals surface area contributed by atoms with Crippen molar-refractivity contribution in [2.75, 3.05) is 0 Å². The van der Waals surface area contributed by atoms with Crippen molar-refractivity contribution in [3.05, 3.63) is 22.6 Å². The Labute approximate surface area is 72.8 Å². The van der Waals surface area contributed by atoms with Crippen LogP contribution in [-0.4, -0.2) is 14.2 Å². The van der Waals surface area contributed by atoms with Crippen LogP contribution < -0.4 is 0 Å². The van der Waals surface area contributed by atoms with Crippen LogP contribution in [0.5, 0.6) is 0 Å². The molecule has 3 nitrogen and oxygen atoms in total. The number of aryl methyl sites for hydroxylation is 2. The van der Waals surface area contributed by atoms with E-state index in [1.165, 1.54) is 5.69 Å². The van der Waals surface area contributed by atoms with Crippen LogP contribution in [0.3, 0.4) is 0 Å². The van der Waals surface area contributed by atoms with E-state index in [1.807, 2.05) is 17.8 Å². The minimum absolute atomic E-state index is 1.04. The third-order valence-corrected chi connectivity index (χ3v) is 2.44. The first-order chi connectivity index (χ1) is 5.20. The maximum atomic E-state index is 4.15. The molecule has 0 aliphatic carbocycles. The second-order valence-corrected chi connectivity index (χ2v) is 3.44. The van der Waals surface area contributed by atoms with Crippen LogP contribution in [0, 0.1) is 6.92 Å². The molecule has 0 aromatic carbocycles. The Hall–Kier alpha value is -0.770. The smallest absolute Gasteiger partial charge is 0.150 e. The largest absolute Gasteiger partial charge is 0.331 e. The fourth-order valence-electron chi connectivity index (χ4n) is 1.17. The second-order valence-electron chi connectivity index (χ2n) is 2.59. The van der Waals surface area contributed by atoms with Gasteiger partial charge in [0.2, 0.25) is 0 Å². The number of hydrogen-bond acceptors (Lipinski definition) is 1. The lowest BCUT2D eigenvalue weighted by molar-refractivity contribution is 0.904. The van der Waals surface area contributed by atoms with Gasteiger partial charge >= 0.3 is 0 Å². The average Bonchev–Trinajstić information content (AvgIpc) is 2.41. The van der Waals surface area contributed by atoms with Crippen LogP contribution in [0.15, 0.2) is 16.9 Å². The van der Waals surface area contributed by atoms with Gasteiger partial charge in [0.1, 0.15) is 5.65 Å². The summed E-state index contributed by atoms with van der Waals surface area (Å²) in [5.74, 6) is 0. The highest BCUT2D eigenvalue weighted by atomic mass is 79.9. The first-order valence-electron chi connectivity index (χ1n) is 3.35. The van der Waals surface area contributed by atoms with Gasteiger partial charge < -0.3 is 4.57 Å². The third kappa shape index (κ3) is 0.822. The lowest BCUT2D eigenvalue weighted by Crippen LogP contribution is -1.89. The first kappa shape index (κ1) is 6.91. The van der Waals surface area contributed by atoms with Gasteiger partial charge in [-0.2, -0.15) is 5.10 Å². The first-order valence-corrected chi connectivity index (χ1v) is 4.14.